The molecule has 106 valence electrons. The molecule has 2 rings (SSSR count). The second-order valence-electron chi connectivity index (χ2n) is 5.58. The van der Waals surface area contributed by atoms with Crippen LogP contribution in [0.15, 0.2) is 6.33 Å². The minimum atomic E-state index is 0.257. The highest BCUT2D eigenvalue weighted by atomic mass is 16.1. The van der Waals surface area contributed by atoms with Crippen LogP contribution in [0.25, 0.3) is 0 Å². The lowest BCUT2D eigenvalue weighted by molar-refractivity contribution is -0.123. The van der Waals surface area contributed by atoms with E-state index in [2.05, 4.69) is 17.0 Å². The van der Waals surface area contributed by atoms with E-state index in [0.29, 0.717) is 12.2 Å². The predicted molar refractivity (Wildman–Crippen MR) is 74.8 cm³/mol. The first-order valence-electron chi connectivity index (χ1n) is 7.70. The average molecular weight is 263 g/mol. The van der Waals surface area contributed by atoms with Gasteiger partial charge in [0, 0.05) is 12.5 Å². The van der Waals surface area contributed by atoms with Gasteiger partial charge < -0.3 is 0 Å². The smallest absolute Gasteiger partial charge is 0.143 e. The highest BCUT2D eigenvalue weighted by molar-refractivity contribution is 5.82. The summed E-state index contributed by atoms with van der Waals surface area (Å²) in [5.41, 5.74) is 0. The fraction of sp³-hybridized carbons (Fsp3) is 0.800. The van der Waals surface area contributed by atoms with E-state index in [4.69, 9.17) is 0 Å². The van der Waals surface area contributed by atoms with Gasteiger partial charge in [0.15, 0.2) is 0 Å². The molecule has 0 aromatic carbocycles. The van der Waals surface area contributed by atoms with Crippen LogP contribution in [0.2, 0.25) is 0 Å². The minimum Gasteiger partial charge on any atom is -0.299 e. The quantitative estimate of drug-likeness (QED) is 0.820. The number of carbonyl (C=O) groups is 1. The van der Waals surface area contributed by atoms with E-state index in [1.54, 1.807) is 6.33 Å². The second-order valence-corrected chi connectivity index (χ2v) is 5.58. The first-order chi connectivity index (χ1) is 9.31. The summed E-state index contributed by atoms with van der Waals surface area (Å²) in [6.07, 6.45) is 11.5. The predicted octanol–water partition coefficient (Wildman–Crippen LogP) is 3.16. The molecule has 4 heteroatoms. The normalized spacial score (nSPS) is 17.9. The van der Waals surface area contributed by atoms with Crippen LogP contribution in [0.4, 0.5) is 0 Å². The molecule has 0 N–H and O–H groups in total. The fourth-order valence-corrected chi connectivity index (χ4v) is 2.90. The Morgan fingerprint density at radius 3 is 2.63 bits per heavy atom. The van der Waals surface area contributed by atoms with Gasteiger partial charge >= 0.3 is 0 Å². The van der Waals surface area contributed by atoms with Crippen molar-refractivity contribution in [3.8, 4) is 0 Å². The van der Waals surface area contributed by atoms with Crippen LogP contribution >= 0.6 is 0 Å². The molecular formula is C15H25N3O. The maximum Gasteiger partial charge on any atom is 0.143 e. The third-order valence-corrected chi connectivity index (χ3v) is 4.02. The van der Waals surface area contributed by atoms with Crippen LogP contribution in [0.5, 0.6) is 0 Å². The lowest BCUT2D eigenvalue weighted by atomic mass is 9.87. The Morgan fingerprint density at radius 2 is 1.95 bits per heavy atom. The van der Waals surface area contributed by atoms with E-state index in [-0.39, 0.29) is 5.92 Å². The first-order valence-corrected chi connectivity index (χ1v) is 7.70. The zero-order chi connectivity index (χ0) is 13.5. The summed E-state index contributed by atoms with van der Waals surface area (Å²) in [4.78, 5) is 16.6. The van der Waals surface area contributed by atoms with Crippen LogP contribution in [0.3, 0.4) is 0 Å². The summed E-state index contributed by atoms with van der Waals surface area (Å²) >= 11 is 0. The molecule has 4 nitrogen and oxygen atoms in total. The van der Waals surface area contributed by atoms with E-state index in [9.17, 15) is 4.79 Å². The molecule has 19 heavy (non-hydrogen) atoms. The lowest BCUT2D eigenvalue weighted by Crippen LogP contribution is -2.20. The first kappa shape index (κ1) is 14.2. The van der Waals surface area contributed by atoms with Gasteiger partial charge in [0.1, 0.15) is 17.9 Å². The molecule has 1 heterocycles. The number of ketones is 1. The fourth-order valence-electron chi connectivity index (χ4n) is 2.90. The van der Waals surface area contributed by atoms with Gasteiger partial charge in [-0.1, -0.05) is 39.0 Å². The standard InChI is InChI=1S/C15H25N3O/c1-2-10-18-15(16-12-17-18)11-14(19)13-8-6-4-3-5-7-9-13/h12-13H,2-11H2,1H3. The molecule has 0 saturated heterocycles. The Balaban J connectivity index is 1.93. The van der Waals surface area contributed by atoms with Crippen molar-refractivity contribution in [1.29, 1.82) is 0 Å². The number of aromatic nitrogens is 3. The maximum atomic E-state index is 12.4. The molecule has 0 radical (unpaired) electrons. The van der Waals surface area contributed by atoms with Crippen LogP contribution in [-0.2, 0) is 17.8 Å². The molecule has 0 atom stereocenters. The molecule has 1 fully saturated rings. The van der Waals surface area contributed by atoms with Crippen molar-refractivity contribution in [2.75, 3.05) is 0 Å². The van der Waals surface area contributed by atoms with Gasteiger partial charge in [-0.05, 0) is 19.3 Å². The summed E-state index contributed by atoms with van der Waals surface area (Å²) in [7, 11) is 0. The molecule has 1 saturated carbocycles. The monoisotopic (exact) mass is 263 g/mol. The molecule has 0 spiro atoms. The number of rotatable bonds is 5. The highest BCUT2D eigenvalue weighted by Crippen LogP contribution is 2.23. The Labute approximate surface area is 115 Å². The van der Waals surface area contributed by atoms with Gasteiger partial charge in [-0.25, -0.2) is 9.67 Å². The molecule has 1 aromatic heterocycles. The SMILES string of the molecule is CCCn1ncnc1CC(=O)C1CCCCCCC1. The molecule has 1 aromatic rings. The summed E-state index contributed by atoms with van der Waals surface area (Å²) in [6, 6.07) is 0. The molecule has 1 aliphatic carbocycles. The molecule has 0 aliphatic heterocycles. The molecule has 1 aliphatic rings. The zero-order valence-corrected chi connectivity index (χ0v) is 12.0. The van der Waals surface area contributed by atoms with Gasteiger partial charge in [0.25, 0.3) is 0 Å². The number of hydrogen-bond acceptors (Lipinski definition) is 3. The highest BCUT2D eigenvalue weighted by Gasteiger charge is 2.21. The number of carbonyl (C=O) groups excluding carboxylic acids is 1. The van der Waals surface area contributed by atoms with Crippen LogP contribution in [0.1, 0.15) is 64.1 Å². The molecule has 0 amide bonds. The number of nitrogens with zero attached hydrogens (tertiary/aromatic N) is 3. The van der Waals surface area contributed by atoms with Crippen molar-refractivity contribution < 1.29 is 4.79 Å². The summed E-state index contributed by atoms with van der Waals surface area (Å²) in [5.74, 6) is 1.47. The number of hydrogen-bond donors (Lipinski definition) is 0. The molecule has 0 unspecified atom stereocenters. The Bertz CT molecular complexity index is 392. The Kier molecular flexibility index (Phi) is 5.55. The third kappa shape index (κ3) is 4.15. The van der Waals surface area contributed by atoms with Crippen molar-refractivity contribution >= 4 is 5.78 Å². The van der Waals surface area contributed by atoms with Crippen molar-refractivity contribution in [3.05, 3.63) is 12.2 Å². The van der Waals surface area contributed by atoms with Gasteiger partial charge in [0.2, 0.25) is 0 Å². The lowest BCUT2D eigenvalue weighted by Gasteiger charge is -2.18. The van der Waals surface area contributed by atoms with E-state index in [1.807, 2.05) is 4.68 Å². The van der Waals surface area contributed by atoms with E-state index >= 15 is 0 Å². The minimum absolute atomic E-state index is 0.257. The van der Waals surface area contributed by atoms with Gasteiger partial charge in [-0.2, -0.15) is 5.10 Å². The topological polar surface area (TPSA) is 47.8 Å². The zero-order valence-electron chi connectivity index (χ0n) is 12.0. The van der Waals surface area contributed by atoms with Gasteiger partial charge in [-0.3, -0.25) is 4.79 Å². The maximum absolute atomic E-state index is 12.4. The number of Topliss-reactive ketones (excluding diaryl/α,β-unsaturated/α-hetero) is 1. The van der Waals surface area contributed by atoms with Crippen LogP contribution in [0, 0.1) is 5.92 Å². The largest absolute Gasteiger partial charge is 0.299 e. The summed E-state index contributed by atoms with van der Waals surface area (Å²) in [5, 5.41) is 4.19. The second kappa shape index (κ2) is 7.41. The molecular weight excluding hydrogens is 238 g/mol. The van der Waals surface area contributed by atoms with Crippen molar-refractivity contribution in [2.45, 2.75) is 71.3 Å². The van der Waals surface area contributed by atoms with Crippen molar-refractivity contribution in [2.24, 2.45) is 5.92 Å². The van der Waals surface area contributed by atoms with Gasteiger partial charge in [0.05, 0.1) is 6.42 Å². The number of aryl methyl sites for hydroxylation is 1. The Hall–Kier alpha value is -1.19. The average Bonchev–Trinajstić information content (AvgIpc) is 2.76. The molecule has 0 bridgehead atoms. The summed E-state index contributed by atoms with van der Waals surface area (Å²) in [6.45, 7) is 2.97. The van der Waals surface area contributed by atoms with Crippen LogP contribution in [-0.4, -0.2) is 20.5 Å². The van der Waals surface area contributed by atoms with Crippen LogP contribution < -0.4 is 0 Å². The van der Waals surface area contributed by atoms with E-state index in [1.165, 1.54) is 32.1 Å². The van der Waals surface area contributed by atoms with Crippen molar-refractivity contribution in [3.63, 3.8) is 0 Å². The Morgan fingerprint density at radius 1 is 1.26 bits per heavy atom. The van der Waals surface area contributed by atoms with Crippen molar-refractivity contribution in [1.82, 2.24) is 14.8 Å². The van der Waals surface area contributed by atoms with E-state index in [0.717, 1.165) is 31.6 Å². The third-order valence-electron chi connectivity index (χ3n) is 4.02. The van der Waals surface area contributed by atoms with E-state index < -0.39 is 0 Å². The van der Waals surface area contributed by atoms with Gasteiger partial charge in [-0.15, -0.1) is 0 Å². The summed E-state index contributed by atoms with van der Waals surface area (Å²) < 4.78 is 1.88.